The Morgan fingerprint density at radius 2 is 2.10 bits per heavy atom. The minimum absolute atomic E-state index is 0.135. The van der Waals surface area contributed by atoms with Gasteiger partial charge in [-0.05, 0) is 24.8 Å². The van der Waals surface area contributed by atoms with Gasteiger partial charge in [-0.25, -0.2) is 4.98 Å². The summed E-state index contributed by atoms with van der Waals surface area (Å²) in [5.41, 5.74) is 1.36. The summed E-state index contributed by atoms with van der Waals surface area (Å²) in [7, 11) is 0. The normalized spacial score (nSPS) is 18.4. The monoisotopic (exact) mass is 270 g/mol. The van der Waals surface area contributed by atoms with E-state index in [2.05, 4.69) is 47.6 Å². The number of nitrogens with one attached hydrogen (secondary N) is 1. The zero-order chi connectivity index (χ0) is 13.8. The first-order chi connectivity index (χ1) is 9.83. The van der Waals surface area contributed by atoms with Crippen LogP contribution in [0.4, 0.5) is 0 Å². The zero-order valence-corrected chi connectivity index (χ0v) is 12.0. The van der Waals surface area contributed by atoms with Gasteiger partial charge in [0.1, 0.15) is 6.26 Å². The van der Waals surface area contributed by atoms with E-state index in [1.54, 1.807) is 12.5 Å². The zero-order valence-electron chi connectivity index (χ0n) is 12.0. The van der Waals surface area contributed by atoms with Gasteiger partial charge in [0.15, 0.2) is 0 Å². The molecule has 0 aliphatic heterocycles. The van der Waals surface area contributed by atoms with E-state index in [0.717, 1.165) is 11.8 Å². The lowest BCUT2D eigenvalue weighted by Crippen LogP contribution is -2.28. The van der Waals surface area contributed by atoms with Crippen LogP contribution in [0.2, 0.25) is 0 Å². The molecule has 106 valence electrons. The average Bonchev–Trinajstić information content (AvgIpc) is 2.96. The first-order valence-corrected chi connectivity index (χ1v) is 7.53. The number of hydrogen-bond donors (Lipinski definition) is 1. The number of oxazole rings is 1. The predicted molar refractivity (Wildman–Crippen MR) is 79.2 cm³/mol. The van der Waals surface area contributed by atoms with E-state index < -0.39 is 0 Å². The fourth-order valence-corrected chi connectivity index (χ4v) is 2.87. The van der Waals surface area contributed by atoms with Gasteiger partial charge in [0.05, 0.1) is 12.2 Å². The van der Waals surface area contributed by atoms with Crippen LogP contribution in [-0.2, 0) is 0 Å². The maximum atomic E-state index is 5.40. The molecule has 20 heavy (non-hydrogen) atoms. The van der Waals surface area contributed by atoms with Gasteiger partial charge in [-0.1, -0.05) is 49.6 Å². The Morgan fingerprint density at radius 3 is 2.70 bits per heavy atom. The van der Waals surface area contributed by atoms with Gasteiger partial charge in [0.2, 0.25) is 5.89 Å². The summed E-state index contributed by atoms with van der Waals surface area (Å²) in [5, 5.41) is 3.68. The smallest absolute Gasteiger partial charge is 0.210 e. The molecule has 0 amide bonds. The molecule has 0 saturated heterocycles. The molecule has 0 spiro atoms. The van der Waals surface area contributed by atoms with Crippen molar-refractivity contribution in [3.63, 3.8) is 0 Å². The Hall–Kier alpha value is -1.61. The van der Waals surface area contributed by atoms with Crippen molar-refractivity contribution in [3.05, 3.63) is 54.2 Å². The van der Waals surface area contributed by atoms with Gasteiger partial charge in [0.25, 0.3) is 0 Å². The topological polar surface area (TPSA) is 38.1 Å². The second-order valence-corrected chi connectivity index (χ2v) is 5.75. The molecule has 1 fully saturated rings. The highest BCUT2D eigenvalue weighted by atomic mass is 16.3. The molecule has 2 aromatic rings. The molecular weight excluding hydrogens is 248 g/mol. The molecule has 3 nitrogen and oxygen atoms in total. The van der Waals surface area contributed by atoms with Gasteiger partial charge < -0.3 is 4.42 Å². The number of nitrogens with zero attached hydrogens (tertiary/aromatic N) is 1. The lowest BCUT2D eigenvalue weighted by Gasteiger charge is -2.31. The van der Waals surface area contributed by atoms with Crippen LogP contribution in [0.25, 0.3) is 0 Å². The number of aromatic nitrogens is 1. The molecule has 1 heterocycles. The molecule has 2 atom stereocenters. The lowest BCUT2D eigenvalue weighted by molar-refractivity contribution is 0.248. The Labute approximate surface area is 120 Å². The van der Waals surface area contributed by atoms with Crippen molar-refractivity contribution >= 4 is 0 Å². The van der Waals surface area contributed by atoms with Crippen LogP contribution < -0.4 is 5.32 Å². The van der Waals surface area contributed by atoms with E-state index in [0.29, 0.717) is 6.04 Å². The van der Waals surface area contributed by atoms with Gasteiger partial charge in [0, 0.05) is 6.04 Å². The minimum atomic E-state index is 0.135. The molecule has 1 aliphatic rings. The third-order valence-electron chi connectivity index (χ3n) is 4.27. The largest absolute Gasteiger partial charge is 0.447 e. The average molecular weight is 270 g/mol. The summed E-state index contributed by atoms with van der Waals surface area (Å²) in [6.07, 6.45) is 8.68. The van der Waals surface area contributed by atoms with Crippen LogP contribution in [0.1, 0.15) is 56.1 Å². The summed E-state index contributed by atoms with van der Waals surface area (Å²) >= 11 is 0. The molecule has 0 radical (unpaired) electrons. The van der Waals surface area contributed by atoms with Crippen LogP contribution in [0.3, 0.4) is 0 Å². The van der Waals surface area contributed by atoms with Crippen molar-refractivity contribution in [2.75, 3.05) is 0 Å². The van der Waals surface area contributed by atoms with Crippen molar-refractivity contribution in [2.24, 2.45) is 5.92 Å². The summed E-state index contributed by atoms with van der Waals surface area (Å²) < 4.78 is 5.40. The second-order valence-electron chi connectivity index (χ2n) is 5.75. The molecular formula is C17H22N2O. The quantitative estimate of drug-likeness (QED) is 0.852. The standard InChI is InChI=1S/C17H22N2O/c1-13(17-18-10-11-20-17)19-16(12-14-6-5-7-14)15-8-3-2-4-9-15/h2-4,8-11,13-14,16,19H,5-7,12H2,1H3. The first-order valence-electron chi connectivity index (χ1n) is 7.53. The van der Waals surface area contributed by atoms with Gasteiger partial charge in [-0.2, -0.15) is 0 Å². The summed E-state index contributed by atoms with van der Waals surface area (Å²) in [6.45, 7) is 2.11. The fraction of sp³-hybridized carbons (Fsp3) is 0.471. The molecule has 3 rings (SSSR count). The van der Waals surface area contributed by atoms with Crippen molar-refractivity contribution in [3.8, 4) is 0 Å². The van der Waals surface area contributed by atoms with E-state index in [4.69, 9.17) is 4.42 Å². The molecule has 1 aromatic carbocycles. The van der Waals surface area contributed by atoms with Gasteiger partial charge in [-0.15, -0.1) is 0 Å². The van der Waals surface area contributed by atoms with Crippen LogP contribution in [-0.4, -0.2) is 4.98 Å². The molecule has 1 aromatic heterocycles. The molecule has 0 bridgehead atoms. The maximum absolute atomic E-state index is 5.40. The van der Waals surface area contributed by atoms with Crippen LogP contribution in [0.15, 0.2) is 47.2 Å². The summed E-state index contributed by atoms with van der Waals surface area (Å²) in [4.78, 5) is 4.25. The Morgan fingerprint density at radius 1 is 1.30 bits per heavy atom. The van der Waals surface area contributed by atoms with Gasteiger partial charge >= 0.3 is 0 Å². The first kappa shape index (κ1) is 13.4. The van der Waals surface area contributed by atoms with E-state index in [9.17, 15) is 0 Å². The minimum Gasteiger partial charge on any atom is -0.447 e. The van der Waals surface area contributed by atoms with Crippen molar-refractivity contribution in [2.45, 2.75) is 44.7 Å². The number of rotatable bonds is 6. The van der Waals surface area contributed by atoms with E-state index >= 15 is 0 Å². The van der Waals surface area contributed by atoms with Crippen LogP contribution in [0.5, 0.6) is 0 Å². The second kappa shape index (κ2) is 6.23. The van der Waals surface area contributed by atoms with E-state index in [1.165, 1.54) is 31.2 Å². The Bertz CT molecular complexity index is 505. The molecule has 2 unspecified atom stereocenters. The highest BCUT2D eigenvalue weighted by Gasteiger charge is 2.25. The summed E-state index contributed by atoms with van der Waals surface area (Å²) in [6, 6.07) is 11.2. The van der Waals surface area contributed by atoms with Gasteiger partial charge in [-0.3, -0.25) is 5.32 Å². The number of hydrogen-bond acceptors (Lipinski definition) is 3. The SMILES string of the molecule is CC(NC(CC1CCC1)c1ccccc1)c1ncco1. The maximum Gasteiger partial charge on any atom is 0.210 e. The Kier molecular flexibility index (Phi) is 4.16. The highest BCUT2D eigenvalue weighted by Crippen LogP contribution is 2.35. The third-order valence-corrected chi connectivity index (χ3v) is 4.27. The predicted octanol–water partition coefficient (Wildman–Crippen LogP) is 4.26. The molecule has 3 heteroatoms. The van der Waals surface area contributed by atoms with E-state index in [-0.39, 0.29) is 6.04 Å². The van der Waals surface area contributed by atoms with Crippen molar-refractivity contribution < 1.29 is 4.42 Å². The van der Waals surface area contributed by atoms with Crippen LogP contribution in [0, 0.1) is 5.92 Å². The van der Waals surface area contributed by atoms with Crippen molar-refractivity contribution in [1.29, 1.82) is 0 Å². The summed E-state index contributed by atoms with van der Waals surface area (Å²) in [5.74, 6) is 1.63. The lowest BCUT2D eigenvalue weighted by atomic mass is 9.79. The molecule has 1 N–H and O–H groups in total. The molecule has 1 saturated carbocycles. The highest BCUT2D eigenvalue weighted by molar-refractivity contribution is 5.19. The Balaban J connectivity index is 1.71. The number of benzene rings is 1. The van der Waals surface area contributed by atoms with Crippen LogP contribution >= 0.6 is 0 Å². The fourth-order valence-electron chi connectivity index (χ4n) is 2.87. The van der Waals surface area contributed by atoms with Crippen molar-refractivity contribution in [1.82, 2.24) is 10.3 Å². The third kappa shape index (κ3) is 3.10. The molecule has 1 aliphatic carbocycles. The van der Waals surface area contributed by atoms with E-state index in [1.807, 2.05) is 0 Å².